The highest BCUT2D eigenvalue weighted by molar-refractivity contribution is 5.72. The summed E-state index contributed by atoms with van der Waals surface area (Å²) < 4.78 is 0. The minimum absolute atomic E-state index is 0.0835. The maximum atomic E-state index is 11.1. The van der Waals surface area contributed by atoms with E-state index in [1.807, 2.05) is 6.07 Å². The van der Waals surface area contributed by atoms with Crippen LogP contribution in [0.5, 0.6) is 0 Å². The second-order valence-electron chi connectivity index (χ2n) is 5.92. The normalized spacial score (nSPS) is 21.2. The third-order valence-electron chi connectivity index (χ3n) is 4.52. The predicted octanol–water partition coefficient (Wildman–Crippen LogP) is 3.18. The quantitative estimate of drug-likeness (QED) is 0.902. The van der Waals surface area contributed by atoms with Crippen LogP contribution in [0.2, 0.25) is 0 Å². The minimum Gasteiger partial charge on any atom is -0.481 e. The number of anilines is 1. The molecule has 0 radical (unpaired) electrons. The number of hydrogen-bond donors (Lipinski definition) is 1. The van der Waals surface area contributed by atoms with Crippen molar-refractivity contribution in [2.45, 2.75) is 43.9 Å². The Kier molecular flexibility index (Phi) is 3.21. The molecule has 102 valence electrons. The third-order valence-corrected chi connectivity index (χ3v) is 4.52. The van der Waals surface area contributed by atoms with Gasteiger partial charge in [-0.1, -0.05) is 18.2 Å². The molecule has 0 bridgehead atoms. The molecule has 2 aliphatic rings. The summed E-state index contributed by atoms with van der Waals surface area (Å²) in [6.07, 6.45) is 6.13. The molecule has 0 amide bonds. The van der Waals surface area contributed by atoms with Gasteiger partial charge in [-0.05, 0) is 43.7 Å². The summed E-state index contributed by atoms with van der Waals surface area (Å²) in [5.41, 5.74) is 2.46. The highest BCUT2D eigenvalue weighted by atomic mass is 16.4. The molecular formula is C16H21NO2. The van der Waals surface area contributed by atoms with Gasteiger partial charge in [0.15, 0.2) is 0 Å². The highest BCUT2D eigenvalue weighted by Gasteiger charge is 2.47. The Morgan fingerprint density at radius 2 is 1.84 bits per heavy atom. The topological polar surface area (TPSA) is 40.5 Å². The van der Waals surface area contributed by atoms with Crippen LogP contribution in [0.25, 0.3) is 0 Å². The van der Waals surface area contributed by atoms with Gasteiger partial charge in [0.25, 0.3) is 0 Å². The van der Waals surface area contributed by atoms with E-state index in [0.29, 0.717) is 0 Å². The van der Waals surface area contributed by atoms with Crippen LogP contribution in [-0.2, 0) is 10.2 Å². The van der Waals surface area contributed by atoms with E-state index in [9.17, 15) is 4.79 Å². The van der Waals surface area contributed by atoms with Crippen molar-refractivity contribution < 1.29 is 9.90 Å². The highest BCUT2D eigenvalue weighted by Crippen LogP contribution is 2.53. The molecule has 1 aromatic rings. The average molecular weight is 259 g/mol. The molecule has 1 saturated heterocycles. The monoisotopic (exact) mass is 259 g/mol. The molecule has 2 fully saturated rings. The number of carbonyl (C=O) groups is 1. The number of hydrogen-bond acceptors (Lipinski definition) is 2. The molecule has 0 spiro atoms. The molecule has 0 atom stereocenters. The zero-order chi connectivity index (χ0) is 13.3. The fraction of sp³-hybridized carbons (Fsp3) is 0.562. The van der Waals surface area contributed by atoms with Gasteiger partial charge in [-0.15, -0.1) is 0 Å². The number of rotatable bonds is 4. The van der Waals surface area contributed by atoms with Crippen LogP contribution >= 0.6 is 0 Å². The van der Waals surface area contributed by atoms with E-state index in [1.165, 1.54) is 30.5 Å². The van der Waals surface area contributed by atoms with Crippen molar-refractivity contribution in [2.75, 3.05) is 18.0 Å². The molecule has 3 nitrogen and oxygen atoms in total. The number of carboxylic acids is 1. The van der Waals surface area contributed by atoms with Crippen molar-refractivity contribution in [3.63, 3.8) is 0 Å². The number of benzene rings is 1. The fourth-order valence-corrected chi connectivity index (χ4v) is 3.31. The first kappa shape index (κ1) is 12.5. The molecule has 3 heteroatoms. The van der Waals surface area contributed by atoms with Crippen LogP contribution in [0.15, 0.2) is 24.3 Å². The maximum absolute atomic E-state index is 11.1. The molecule has 1 aromatic carbocycles. The molecule has 3 rings (SSSR count). The lowest BCUT2D eigenvalue weighted by Crippen LogP contribution is -2.31. The number of carboxylic acid groups (broad SMARTS) is 1. The summed E-state index contributed by atoms with van der Waals surface area (Å²) in [4.78, 5) is 13.5. The van der Waals surface area contributed by atoms with Gasteiger partial charge in [0.2, 0.25) is 0 Å². The van der Waals surface area contributed by atoms with Gasteiger partial charge in [-0.3, -0.25) is 4.79 Å². The molecule has 19 heavy (non-hydrogen) atoms. The summed E-state index contributed by atoms with van der Waals surface area (Å²) in [6, 6.07) is 8.43. The summed E-state index contributed by atoms with van der Waals surface area (Å²) in [7, 11) is 0. The summed E-state index contributed by atoms with van der Waals surface area (Å²) in [6.45, 7) is 2.22. The Labute approximate surface area is 114 Å². The van der Waals surface area contributed by atoms with Crippen LogP contribution in [0, 0.1) is 0 Å². The van der Waals surface area contributed by atoms with Gasteiger partial charge in [0.05, 0.1) is 6.42 Å². The molecule has 1 heterocycles. The zero-order valence-corrected chi connectivity index (χ0v) is 11.3. The van der Waals surface area contributed by atoms with Crippen molar-refractivity contribution in [3.8, 4) is 0 Å². The van der Waals surface area contributed by atoms with Gasteiger partial charge in [0, 0.05) is 24.2 Å². The summed E-state index contributed by atoms with van der Waals surface area (Å²) in [5, 5.41) is 9.14. The molecular weight excluding hydrogens is 238 g/mol. The van der Waals surface area contributed by atoms with Gasteiger partial charge in [-0.2, -0.15) is 0 Å². The van der Waals surface area contributed by atoms with Gasteiger partial charge in [-0.25, -0.2) is 0 Å². The average Bonchev–Trinajstić information content (AvgIpc) is 3.20. The van der Waals surface area contributed by atoms with E-state index in [1.54, 1.807) is 0 Å². The lowest BCUT2D eigenvalue weighted by molar-refractivity contribution is -0.137. The lowest BCUT2D eigenvalue weighted by atomic mass is 9.90. The van der Waals surface area contributed by atoms with E-state index in [-0.39, 0.29) is 11.8 Å². The predicted molar refractivity (Wildman–Crippen MR) is 75.7 cm³/mol. The number of para-hydroxylation sites is 1. The van der Waals surface area contributed by atoms with Crippen LogP contribution in [-0.4, -0.2) is 24.2 Å². The zero-order valence-electron chi connectivity index (χ0n) is 11.3. The van der Waals surface area contributed by atoms with E-state index in [4.69, 9.17) is 5.11 Å². The van der Waals surface area contributed by atoms with E-state index < -0.39 is 5.97 Å². The Morgan fingerprint density at radius 3 is 2.47 bits per heavy atom. The Hall–Kier alpha value is -1.51. The number of aliphatic carboxylic acids is 1. The largest absolute Gasteiger partial charge is 0.481 e. The lowest BCUT2D eigenvalue weighted by Gasteiger charge is -2.32. The SMILES string of the molecule is O=C(O)CC1(c2ccccc2N2CCCCC2)CC1. The number of piperidine rings is 1. The Morgan fingerprint density at radius 1 is 1.16 bits per heavy atom. The van der Waals surface area contributed by atoms with Crippen LogP contribution in [0.1, 0.15) is 44.1 Å². The Balaban J connectivity index is 1.91. The number of nitrogens with zero attached hydrogens (tertiary/aromatic N) is 1. The van der Waals surface area contributed by atoms with E-state index >= 15 is 0 Å². The standard InChI is InChI=1S/C16H21NO2/c18-15(19)12-16(8-9-16)13-6-2-3-7-14(13)17-10-4-1-5-11-17/h2-3,6-7H,1,4-5,8-12H2,(H,18,19). The second kappa shape index (κ2) is 4.87. The van der Waals surface area contributed by atoms with Crippen LogP contribution < -0.4 is 4.90 Å². The molecule has 1 aliphatic heterocycles. The molecule has 0 aromatic heterocycles. The van der Waals surface area contributed by atoms with Crippen LogP contribution in [0.3, 0.4) is 0 Å². The van der Waals surface area contributed by atoms with Gasteiger partial charge >= 0.3 is 5.97 Å². The molecule has 1 N–H and O–H groups in total. The first-order chi connectivity index (χ1) is 9.21. The van der Waals surface area contributed by atoms with E-state index in [0.717, 1.165) is 25.9 Å². The van der Waals surface area contributed by atoms with Crippen molar-refractivity contribution in [1.82, 2.24) is 0 Å². The molecule has 0 unspecified atom stereocenters. The van der Waals surface area contributed by atoms with Crippen LogP contribution in [0.4, 0.5) is 5.69 Å². The van der Waals surface area contributed by atoms with Crippen molar-refractivity contribution in [1.29, 1.82) is 0 Å². The minimum atomic E-state index is -0.675. The van der Waals surface area contributed by atoms with Crippen molar-refractivity contribution in [3.05, 3.63) is 29.8 Å². The van der Waals surface area contributed by atoms with Crippen molar-refractivity contribution >= 4 is 11.7 Å². The maximum Gasteiger partial charge on any atom is 0.304 e. The molecule has 1 aliphatic carbocycles. The first-order valence-corrected chi connectivity index (χ1v) is 7.28. The first-order valence-electron chi connectivity index (χ1n) is 7.28. The smallest absolute Gasteiger partial charge is 0.304 e. The fourth-order valence-electron chi connectivity index (χ4n) is 3.31. The summed E-state index contributed by atoms with van der Waals surface area (Å²) >= 11 is 0. The Bertz CT molecular complexity index is 473. The molecule has 1 saturated carbocycles. The van der Waals surface area contributed by atoms with E-state index in [2.05, 4.69) is 23.1 Å². The summed E-state index contributed by atoms with van der Waals surface area (Å²) in [5.74, 6) is -0.675. The van der Waals surface area contributed by atoms with Gasteiger partial charge < -0.3 is 10.0 Å². The van der Waals surface area contributed by atoms with Crippen molar-refractivity contribution in [2.24, 2.45) is 0 Å². The second-order valence-corrected chi connectivity index (χ2v) is 5.92. The third kappa shape index (κ3) is 2.46. The van der Waals surface area contributed by atoms with Gasteiger partial charge in [0.1, 0.15) is 0 Å².